The molecule has 1 aromatic rings. The lowest BCUT2D eigenvalue weighted by Crippen LogP contribution is -2.34. The third kappa shape index (κ3) is 4.29. The summed E-state index contributed by atoms with van der Waals surface area (Å²) in [6, 6.07) is 6.92. The molecule has 0 aliphatic carbocycles. The fourth-order valence-electron chi connectivity index (χ4n) is 1.28. The van der Waals surface area contributed by atoms with E-state index in [0.717, 1.165) is 12.0 Å². The van der Waals surface area contributed by atoms with Gasteiger partial charge in [-0.1, -0.05) is 24.8 Å². The first-order valence-electron chi connectivity index (χ1n) is 5.68. The molecule has 0 spiro atoms. The van der Waals surface area contributed by atoms with Gasteiger partial charge in [-0.3, -0.25) is 4.79 Å². The Morgan fingerprint density at radius 2 is 2.29 bits per heavy atom. The second-order valence-corrected chi connectivity index (χ2v) is 3.79. The molecule has 0 radical (unpaired) electrons. The Balaban J connectivity index is 2.80. The number of benzene rings is 1. The molecule has 0 fully saturated rings. The molecular weight excluding hydrogens is 214 g/mol. The molecule has 0 bridgehead atoms. The van der Waals surface area contributed by atoms with E-state index < -0.39 is 0 Å². The van der Waals surface area contributed by atoms with Gasteiger partial charge < -0.3 is 10.4 Å². The molecule has 0 heterocycles. The van der Waals surface area contributed by atoms with E-state index in [0.29, 0.717) is 5.56 Å². The van der Waals surface area contributed by atoms with Crippen LogP contribution in [0.4, 0.5) is 0 Å². The van der Waals surface area contributed by atoms with E-state index in [1.165, 1.54) is 0 Å². The van der Waals surface area contributed by atoms with Crippen molar-refractivity contribution in [1.82, 2.24) is 5.32 Å². The van der Waals surface area contributed by atoms with Gasteiger partial charge in [0.25, 0.3) is 5.91 Å². The summed E-state index contributed by atoms with van der Waals surface area (Å²) in [7, 11) is 0. The van der Waals surface area contributed by atoms with Crippen molar-refractivity contribution in [2.45, 2.75) is 26.3 Å². The highest BCUT2D eigenvalue weighted by molar-refractivity contribution is 5.94. The molecule has 90 valence electrons. The Hall–Kier alpha value is -1.79. The maximum Gasteiger partial charge on any atom is 0.251 e. The monoisotopic (exact) mass is 231 g/mol. The van der Waals surface area contributed by atoms with Crippen LogP contribution >= 0.6 is 0 Å². The van der Waals surface area contributed by atoms with Gasteiger partial charge in [0, 0.05) is 23.6 Å². The smallest absolute Gasteiger partial charge is 0.251 e. The molecule has 0 aromatic heterocycles. The van der Waals surface area contributed by atoms with Crippen molar-refractivity contribution in [3.63, 3.8) is 0 Å². The van der Waals surface area contributed by atoms with Crippen molar-refractivity contribution in [3.8, 4) is 11.8 Å². The Labute approximate surface area is 102 Å². The molecular formula is C14H17NO2. The zero-order chi connectivity index (χ0) is 12.7. The summed E-state index contributed by atoms with van der Waals surface area (Å²) in [5, 5.41) is 11.6. The van der Waals surface area contributed by atoms with Gasteiger partial charge in [-0.05, 0) is 25.1 Å². The minimum atomic E-state index is -0.243. The first-order chi connectivity index (χ1) is 8.17. The van der Waals surface area contributed by atoms with Crippen LogP contribution in [0.3, 0.4) is 0 Å². The molecule has 0 saturated carbocycles. The normalized spacial score (nSPS) is 11.2. The van der Waals surface area contributed by atoms with Crippen molar-refractivity contribution in [2.75, 3.05) is 6.61 Å². The highest BCUT2D eigenvalue weighted by atomic mass is 16.3. The van der Waals surface area contributed by atoms with E-state index in [2.05, 4.69) is 17.2 Å². The van der Waals surface area contributed by atoms with Crippen LogP contribution in [0, 0.1) is 11.8 Å². The maximum atomic E-state index is 11.8. The summed E-state index contributed by atoms with van der Waals surface area (Å²) in [5.74, 6) is 5.75. The number of nitrogens with one attached hydrogen (secondary N) is 1. The van der Waals surface area contributed by atoms with Crippen LogP contribution in [0.5, 0.6) is 0 Å². The minimum Gasteiger partial charge on any atom is -0.394 e. The molecule has 3 heteroatoms. The Kier molecular flexibility index (Phi) is 5.25. The number of amides is 1. The lowest BCUT2D eigenvalue weighted by molar-refractivity contribution is 0.0922. The predicted octanol–water partition coefficient (Wildman–Crippen LogP) is 1.56. The fourth-order valence-corrected chi connectivity index (χ4v) is 1.28. The Morgan fingerprint density at radius 1 is 1.53 bits per heavy atom. The summed E-state index contributed by atoms with van der Waals surface area (Å²) in [6.45, 7) is 3.66. The van der Waals surface area contributed by atoms with E-state index in [-0.39, 0.29) is 18.6 Å². The van der Waals surface area contributed by atoms with Crippen molar-refractivity contribution in [1.29, 1.82) is 0 Å². The molecule has 1 atom stereocenters. The van der Waals surface area contributed by atoms with Crippen LogP contribution in [0.2, 0.25) is 0 Å². The standard InChI is InChI=1S/C14H17NO2/c1-3-4-6-12-7-5-8-13(9-12)14(17)15-11(2)10-16/h5,7-9,11,16H,3,10H2,1-2H3,(H,15,17). The SMILES string of the molecule is CCC#Cc1cccc(C(=O)NC(C)CO)c1. The predicted molar refractivity (Wildman–Crippen MR) is 67.6 cm³/mol. The minimum absolute atomic E-state index is 0.0684. The van der Waals surface area contributed by atoms with Crippen LogP contribution in [0.15, 0.2) is 24.3 Å². The topological polar surface area (TPSA) is 49.3 Å². The van der Waals surface area contributed by atoms with Gasteiger partial charge >= 0.3 is 0 Å². The zero-order valence-corrected chi connectivity index (χ0v) is 10.2. The van der Waals surface area contributed by atoms with Crippen LogP contribution < -0.4 is 5.32 Å². The summed E-state index contributed by atoms with van der Waals surface area (Å²) >= 11 is 0. The number of hydrogen-bond donors (Lipinski definition) is 2. The van der Waals surface area contributed by atoms with E-state index >= 15 is 0 Å². The van der Waals surface area contributed by atoms with Crippen molar-refractivity contribution < 1.29 is 9.90 Å². The molecule has 1 aromatic carbocycles. The summed E-state index contributed by atoms with van der Waals surface area (Å²) in [4.78, 5) is 11.8. The van der Waals surface area contributed by atoms with Gasteiger partial charge in [0.15, 0.2) is 0 Å². The van der Waals surface area contributed by atoms with Gasteiger partial charge in [-0.2, -0.15) is 0 Å². The second-order valence-electron chi connectivity index (χ2n) is 3.79. The van der Waals surface area contributed by atoms with Crippen molar-refractivity contribution >= 4 is 5.91 Å². The summed E-state index contributed by atoms with van der Waals surface area (Å²) < 4.78 is 0. The number of rotatable bonds is 3. The number of carbonyl (C=O) groups excluding carboxylic acids is 1. The molecule has 0 aliphatic rings. The molecule has 3 nitrogen and oxygen atoms in total. The van der Waals surface area contributed by atoms with Crippen LogP contribution in [0.25, 0.3) is 0 Å². The third-order valence-electron chi connectivity index (χ3n) is 2.19. The highest BCUT2D eigenvalue weighted by Gasteiger charge is 2.08. The summed E-state index contributed by atoms with van der Waals surface area (Å²) in [6.07, 6.45) is 0.790. The average molecular weight is 231 g/mol. The maximum absolute atomic E-state index is 11.8. The van der Waals surface area contributed by atoms with Gasteiger partial charge in [0.05, 0.1) is 6.61 Å². The molecule has 1 unspecified atom stereocenters. The largest absolute Gasteiger partial charge is 0.394 e. The number of hydrogen-bond acceptors (Lipinski definition) is 2. The summed E-state index contributed by atoms with van der Waals surface area (Å²) in [5.41, 5.74) is 1.39. The Morgan fingerprint density at radius 3 is 2.94 bits per heavy atom. The molecule has 1 amide bonds. The molecule has 0 saturated heterocycles. The average Bonchev–Trinajstić information content (AvgIpc) is 2.36. The number of carbonyl (C=O) groups is 1. The van der Waals surface area contributed by atoms with E-state index in [1.54, 1.807) is 25.1 Å². The molecule has 1 rings (SSSR count). The van der Waals surface area contributed by atoms with Gasteiger partial charge in [-0.25, -0.2) is 0 Å². The number of aliphatic hydroxyl groups is 1. The second kappa shape index (κ2) is 6.72. The van der Waals surface area contributed by atoms with Crippen molar-refractivity contribution in [3.05, 3.63) is 35.4 Å². The van der Waals surface area contributed by atoms with Crippen LogP contribution in [-0.2, 0) is 0 Å². The van der Waals surface area contributed by atoms with E-state index in [9.17, 15) is 4.79 Å². The van der Waals surface area contributed by atoms with Crippen molar-refractivity contribution in [2.24, 2.45) is 0 Å². The highest BCUT2D eigenvalue weighted by Crippen LogP contribution is 2.04. The van der Waals surface area contributed by atoms with E-state index in [4.69, 9.17) is 5.11 Å². The molecule has 2 N–H and O–H groups in total. The lowest BCUT2D eigenvalue weighted by Gasteiger charge is -2.10. The lowest BCUT2D eigenvalue weighted by atomic mass is 10.1. The third-order valence-corrected chi connectivity index (χ3v) is 2.19. The van der Waals surface area contributed by atoms with Gasteiger partial charge in [-0.15, -0.1) is 0 Å². The fraction of sp³-hybridized carbons (Fsp3) is 0.357. The molecule has 17 heavy (non-hydrogen) atoms. The number of aliphatic hydroxyl groups excluding tert-OH is 1. The van der Waals surface area contributed by atoms with Crippen LogP contribution in [-0.4, -0.2) is 23.7 Å². The first kappa shape index (κ1) is 13.3. The van der Waals surface area contributed by atoms with E-state index in [1.807, 2.05) is 13.0 Å². The quantitative estimate of drug-likeness (QED) is 0.776. The first-order valence-corrected chi connectivity index (χ1v) is 5.68. The zero-order valence-electron chi connectivity index (χ0n) is 10.2. The van der Waals surface area contributed by atoms with Crippen LogP contribution in [0.1, 0.15) is 36.2 Å². The Bertz CT molecular complexity index is 443. The molecule has 0 aliphatic heterocycles. The van der Waals surface area contributed by atoms with Gasteiger partial charge in [0.2, 0.25) is 0 Å². The van der Waals surface area contributed by atoms with Gasteiger partial charge in [0.1, 0.15) is 0 Å².